The van der Waals surface area contributed by atoms with Gasteiger partial charge in [-0.2, -0.15) is 0 Å². The highest BCUT2D eigenvalue weighted by Gasteiger charge is 2.20. The van der Waals surface area contributed by atoms with Crippen LogP contribution in [0.4, 0.5) is 5.69 Å². The van der Waals surface area contributed by atoms with Gasteiger partial charge in [-0.3, -0.25) is 4.79 Å². The Labute approximate surface area is 110 Å². The molecule has 0 aliphatic heterocycles. The summed E-state index contributed by atoms with van der Waals surface area (Å²) in [6.07, 6.45) is 1.04. The zero-order valence-corrected chi connectivity index (χ0v) is 11.9. The standard InChI is InChI=1S/C15H23NO2/c1-6-13-7-8-14(9-10(13)2)16-12(4)11(3)15(17)18-5/h7-9,11-12,16H,6H2,1-5H3. The van der Waals surface area contributed by atoms with Crippen LogP contribution in [-0.2, 0) is 16.0 Å². The molecule has 1 aromatic rings. The Morgan fingerprint density at radius 2 is 2.06 bits per heavy atom. The van der Waals surface area contributed by atoms with Crippen LogP contribution in [0, 0.1) is 12.8 Å². The molecule has 1 aromatic carbocycles. The highest BCUT2D eigenvalue weighted by Crippen LogP contribution is 2.18. The molecule has 18 heavy (non-hydrogen) atoms. The predicted octanol–water partition coefficient (Wildman–Crippen LogP) is 3.17. The summed E-state index contributed by atoms with van der Waals surface area (Å²) in [5.74, 6) is -0.349. The first kappa shape index (κ1) is 14.6. The SMILES string of the molecule is CCc1ccc(NC(C)C(C)C(=O)OC)cc1C. The van der Waals surface area contributed by atoms with Crippen molar-refractivity contribution < 1.29 is 9.53 Å². The third-order valence-electron chi connectivity index (χ3n) is 3.44. The van der Waals surface area contributed by atoms with Crippen molar-refractivity contribution >= 4 is 11.7 Å². The molecule has 0 aliphatic rings. The number of methoxy groups -OCH3 is 1. The first-order valence-corrected chi connectivity index (χ1v) is 6.43. The molecule has 0 radical (unpaired) electrons. The predicted molar refractivity (Wildman–Crippen MR) is 74.8 cm³/mol. The first-order valence-electron chi connectivity index (χ1n) is 6.43. The van der Waals surface area contributed by atoms with Crippen LogP contribution in [-0.4, -0.2) is 19.1 Å². The molecule has 0 bridgehead atoms. The highest BCUT2D eigenvalue weighted by atomic mass is 16.5. The van der Waals surface area contributed by atoms with E-state index in [0.29, 0.717) is 0 Å². The van der Waals surface area contributed by atoms with Crippen LogP contribution < -0.4 is 5.32 Å². The summed E-state index contributed by atoms with van der Waals surface area (Å²) in [6.45, 7) is 8.12. The number of hydrogen-bond acceptors (Lipinski definition) is 3. The monoisotopic (exact) mass is 249 g/mol. The molecule has 0 amide bonds. The molecule has 0 spiro atoms. The van der Waals surface area contributed by atoms with Gasteiger partial charge in [-0.15, -0.1) is 0 Å². The first-order chi connectivity index (χ1) is 8.49. The smallest absolute Gasteiger partial charge is 0.310 e. The second-order valence-corrected chi connectivity index (χ2v) is 4.74. The highest BCUT2D eigenvalue weighted by molar-refractivity contribution is 5.73. The zero-order valence-electron chi connectivity index (χ0n) is 11.9. The van der Waals surface area contributed by atoms with Crippen molar-refractivity contribution in [2.24, 2.45) is 5.92 Å². The van der Waals surface area contributed by atoms with Gasteiger partial charge in [-0.25, -0.2) is 0 Å². The van der Waals surface area contributed by atoms with Crippen LogP contribution in [0.5, 0.6) is 0 Å². The molecule has 0 aliphatic carbocycles. The Bertz CT molecular complexity index is 415. The molecule has 2 unspecified atom stereocenters. The number of carbonyl (C=O) groups is 1. The maximum absolute atomic E-state index is 11.4. The van der Waals surface area contributed by atoms with Crippen molar-refractivity contribution in [3.05, 3.63) is 29.3 Å². The van der Waals surface area contributed by atoms with Gasteiger partial charge in [0.15, 0.2) is 0 Å². The molecule has 0 fully saturated rings. The van der Waals surface area contributed by atoms with Crippen LogP contribution in [0.1, 0.15) is 31.9 Å². The molecule has 0 saturated heterocycles. The number of rotatable bonds is 5. The summed E-state index contributed by atoms with van der Waals surface area (Å²) in [6, 6.07) is 6.36. The molecule has 0 aromatic heterocycles. The largest absolute Gasteiger partial charge is 0.469 e. The summed E-state index contributed by atoms with van der Waals surface area (Å²) >= 11 is 0. The summed E-state index contributed by atoms with van der Waals surface area (Å²) in [4.78, 5) is 11.4. The lowest BCUT2D eigenvalue weighted by atomic mass is 10.0. The van der Waals surface area contributed by atoms with Crippen molar-refractivity contribution in [3.8, 4) is 0 Å². The Morgan fingerprint density at radius 1 is 1.39 bits per heavy atom. The molecule has 3 heteroatoms. The second kappa shape index (κ2) is 6.43. The number of esters is 1. The van der Waals surface area contributed by atoms with Gasteiger partial charge in [0.1, 0.15) is 0 Å². The van der Waals surface area contributed by atoms with Crippen molar-refractivity contribution in [2.45, 2.75) is 40.2 Å². The fourth-order valence-corrected chi connectivity index (χ4v) is 1.96. The van der Waals surface area contributed by atoms with Crippen LogP contribution in [0.25, 0.3) is 0 Å². The number of hydrogen-bond donors (Lipinski definition) is 1. The van der Waals surface area contributed by atoms with E-state index in [0.717, 1.165) is 12.1 Å². The van der Waals surface area contributed by atoms with Gasteiger partial charge in [0, 0.05) is 11.7 Å². The van der Waals surface area contributed by atoms with E-state index in [4.69, 9.17) is 4.74 Å². The van der Waals surface area contributed by atoms with E-state index >= 15 is 0 Å². The van der Waals surface area contributed by atoms with Crippen molar-refractivity contribution in [1.29, 1.82) is 0 Å². The molecule has 100 valence electrons. The van der Waals surface area contributed by atoms with Crippen molar-refractivity contribution in [1.82, 2.24) is 0 Å². The molecule has 0 saturated carbocycles. The van der Waals surface area contributed by atoms with Crippen LogP contribution in [0.2, 0.25) is 0 Å². The van der Waals surface area contributed by atoms with E-state index in [-0.39, 0.29) is 17.9 Å². The summed E-state index contributed by atoms with van der Waals surface area (Å²) in [5.41, 5.74) is 3.68. The summed E-state index contributed by atoms with van der Waals surface area (Å²) in [5, 5.41) is 3.35. The maximum Gasteiger partial charge on any atom is 0.310 e. The molecule has 1 rings (SSSR count). The topological polar surface area (TPSA) is 38.3 Å². The van der Waals surface area contributed by atoms with Gasteiger partial charge in [0.2, 0.25) is 0 Å². The minimum atomic E-state index is -0.183. The van der Waals surface area contributed by atoms with E-state index in [1.54, 1.807) is 0 Å². The van der Waals surface area contributed by atoms with Crippen molar-refractivity contribution in [2.75, 3.05) is 12.4 Å². The lowest BCUT2D eigenvalue weighted by molar-refractivity contribution is -0.145. The molecule has 1 N–H and O–H groups in total. The Balaban J connectivity index is 2.73. The Hall–Kier alpha value is -1.51. The Morgan fingerprint density at radius 3 is 2.56 bits per heavy atom. The van der Waals surface area contributed by atoms with E-state index in [2.05, 4.69) is 37.4 Å². The van der Waals surface area contributed by atoms with Gasteiger partial charge in [0.05, 0.1) is 13.0 Å². The van der Waals surface area contributed by atoms with Crippen molar-refractivity contribution in [3.63, 3.8) is 0 Å². The van der Waals surface area contributed by atoms with Gasteiger partial charge in [0.25, 0.3) is 0 Å². The molecule has 2 atom stereocenters. The lowest BCUT2D eigenvalue weighted by Gasteiger charge is -2.21. The van der Waals surface area contributed by atoms with E-state index in [1.807, 2.05) is 13.8 Å². The molecule has 0 heterocycles. The van der Waals surface area contributed by atoms with Crippen LogP contribution in [0.15, 0.2) is 18.2 Å². The average Bonchev–Trinajstić information content (AvgIpc) is 2.37. The molecular weight excluding hydrogens is 226 g/mol. The number of nitrogens with one attached hydrogen (secondary N) is 1. The molecular formula is C15H23NO2. The van der Waals surface area contributed by atoms with Gasteiger partial charge in [-0.05, 0) is 50.5 Å². The third kappa shape index (κ3) is 3.49. The number of benzene rings is 1. The van der Waals surface area contributed by atoms with Gasteiger partial charge < -0.3 is 10.1 Å². The molecule has 3 nitrogen and oxygen atoms in total. The Kier molecular flexibility index (Phi) is 5.20. The fourth-order valence-electron chi connectivity index (χ4n) is 1.96. The number of carbonyl (C=O) groups excluding carboxylic acids is 1. The van der Waals surface area contributed by atoms with Gasteiger partial charge >= 0.3 is 5.97 Å². The van der Waals surface area contributed by atoms with Crippen LogP contribution >= 0.6 is 0 Å². The second-order valence-electron chi connectivity index (χ2n) is 4.74. The van der Waals surface area contributed by atoms with Gasteiger partial charge in [-0.1, -0.05) is 13.0 Å². The minimum absolute atomic E-state index is 0.0457. The summed E-state index contributed by atoms with van der Waals surface area (Å²) < 4.78 is 4.75. The quantitative estimate of drug-likeness (QED) is 0.815. The fraction of sp³-hybridized carbons (Fsp3) is 0.533. The van der Waals surface area contributed by atoms with E-state index < -0.39 is 0 Å². The number of ether oxygens (including phenoxy) is 1. The third-order valence-corrected chi connectivity index (χ3v) is 3.44. The maximum atomic E-state index is 11.4. The minimum Gasteiger partial charge on any atom is -0.469 e. The average molecular weight is 249 g/mol. The number of anilines is 1. The number of aryl methyl sites for hydroxylation is 2. The summed E-state index contributed by atoms with van der Waals surface area (Å²) in [7, 11) is 1.42. The van der Waals surface area contributed by atoms with E-state index in [9.17, 15) is 4.79 Å². The van der Waals surface area contributed by atoms with Crippen LogP contribution in [0.3, 0.4) is 0 Å². The van der Waals surface area contributed by atoms with E-state index in [1.165, 1.54) is 18.2 Å². The zero-order chi connectivity index (χ0) is 13.7. The normalized spacial score (nSPS) is 13.8. The lowest BCUT2D eigenvalue weighted by Crippen LogP contribution is -2.30.